The van der Waals surface area contributed by atoms with Crippen LogP contribution in [0.4, 0.5) is 4.39 Å². The molecule has 0 fully saturated rings. The lowest BCUT2D eigenvalue weighted by Gasteiger charge is -2.19. The lowest BCUT2D eigenvalue weighted by Crippen LogP contribution is -2.18. The van der Waals surface area contributed by atoms with Gasteiger partial charge in [0.2, 0.25) is 0 Å². The van der Waals surface area contributed by atoms with E-state index in [-0.39, 0.29) is 11.9 Å². The van der Waals surface area contributed by atoms with Crippen molar-refractivity contribution in [1.29, 1.82) is 0 Å². The summed E-state index contributed by atoms with van der Waals surface area (Å²) >= 11 is 0. The number of hydrogen-bond donors (Lipinski definition) is 1. The Morgan fingerprint density at radius 2 is 1.85 bits per heavy atom. The average Bonchev–Trinajstić information content (AvgIpc) is 2.42. The number of nitrogens with one attached hydrogen (secondary N) is 1. The number of halogens is 1. The largest absolute Gasteiger partial charge is 0.310 e. The van der Waals surface area contributed by atoms with E-state index in [0.29, 0.717) is 0 Å². The van der Waals surface area contributed by atoms with Crippen LogP contribution in [0.3, 0.4) is 0 Å². The fourth-order valence-corrected chi connectivity index (χ4v) is 2.60. The van der Waals surface area contributed by atoms with E-state index in [1.54, 1.807) is 6.07 Å². The van der Waals surface area contributed by atoms with Crippen LogP contribution in [0.15, 0.2) is 36.4 Å². The molecule has 0 heterocycles. The van der Waals surface area contributed by atoms with Crippen LogP contribution in [0.5, 0.6) is 0 Å². The van der Waals surface area contributed by atoms with Crippen molar-refractivity contribution in [2.45, 2.75) is 33.7 Å². The second kappa shape index (κ2) is 6.19. The van der Waals surface area contributed by atoms with Gasteiger partial charge in [0.1, 0.15) is 5.82 Å². The molecule has 2 aromatic rings. The average molecular weight is 271 g/mol. The summed E-state index contributed by atoms with van der Waals surface area (Å²) in [5, 5.41) is 3.40. The molecule has 0 spiro atoms. The Labute approximate surface area is 120 Å². The van der Waals surface area contributed by atoms with E-state index in [1.807, 2.05) is 12.1 Å². The summed E-state index contributed by atoms with van der Waals surface area (Å²) in [7, 11) is 0. The second-order valence-corrected chi connectivity index (χ2v) is 5.26. The Morgan fingerprint density at radius 3 is 2.55 bits per heavy atom. The summed E-state index contributed by atoms with van der Waals surface area (Å²) in [5.41, 5.74) is 5.68. The molecule has 0 aliphatic carbocycles. The van der Waals surface area contributed by atoms with Crippen LogP contribution in [0.1, 0.15) is 36.6 Å². The predicted octanol–water partition coefficient (Wildman–Crippen LogP) is 4.78. The van der Waals surface area contributed by atoms with Gasteiger partial charge in [0, 0.05) is 6.04 Å². The molecule has 0 saturated carbocycles. The first-order chi connectivity index (χ1) is 9.54. The van der Waals surface area contributed by atoms with Crippen molar-refractivity contribution in [1.82, 2.24) is 5.32 Å². The molecule has 2 aromatic carbocycles. The summed E-state index contributed by atoms with van der Waals surface area (Å²) in [6, 6.07) is 11.5. The highest BCUT2D eigenvalue weighted by Gasteiger charge is 2.14. The Morgan fingerprint density at radius 1 is 1.10 bits per heavy atom. The van der Waals surface area contributed by atoms with E-state index < -0.39 is 0 Å². The van der Waals surface area contributed by atoms with Crippen molar-refractivity contribution in [3.05, 3.63) is 58.9 Å². The molecule has 0 aliphatic heterocycles. The minimum Gasteiger partial charge on any atom is -0.310 e. The van der Waals surface area contributed by atoms with Crippen molar-refractivity contribution in [3.63, 3.8) is 0 Å². The minimum atomic E-state index is -0.187. The molecule has 0 aromatic heterocycles. The van der Waals surface area contributed by atoms with E-state index in [0.717, 1.165) is 23.2 Å². The molecular formula is C18H22FN. The molecule has 1 unspecified atom stereocenters. The lowest BCUT2D eigenvalue weighted by molar-refractivity contribution is 0.593. The molecule has 2 heteroatoms. The number of aryl methyl sites for hydroxylation is 1. The molecule has 106 valence electrons. The maximum absolute atomic E-state index is 13.7. The van der Waals surface area contributed by atoms with E-state index in [1.165, 1.54) is 17.2 Å². The Kier molecular flexibility index (Phi) is 4.56. The fourth-order valence-electron chi connectivity index (χ4n) is 2.60. The third kappa shape index (κ3) is 2.91. The molecule has 20 heavy (non-hydrogen) atoms. The van der Waals surface area contributed by atoms with Crippen LogP contribution in [-0.4, -0.2) is 6.54 Å². The Balaban J connectivity index is 2.60. The molecule has 0 saturated heterocycles. The van der Waals surface area contributed by atoms with Gasteiger partial charge in [0.05, 0.1) is 0 Å². The van der Waals surface area contributed by atoms with Crippen LogP contribution in [0, 0.1) is 19.7 Å². The fraction of sp³-hybridized carbons (Fsp3) is 0.333. The van der Waals surface area contributed by atoms with E-state index in [9.17, 15) is 4.39 Å². The normalized spacial score (nSPS) is 12.4. The zero-order valence-electron chi connectivity index (χ0n) is 12.6. The highest BCUT2D eigenvalue weighted by molar-refractivity contribution is 5.72. The third-order valence-corrected chi connectivity index (χ3v) is 3.89. The van der Waals surface area contributed by atoms with Gasteiger partial charge in [0.25, 0.3) is 0 Å². The van der Waals surface area contributed by atoms with Gasteiger partial charge in [-0.05, 0) is 67.3 Å². The van der Waals surface area contributed by atoms with Gasteiger partial charge in [-0.3, -0.25) is 0 Å². The van der Waals surface area contributed by atoms with Crippen molar-refractivity contribution in [3.8, 4) is 11.1 Å². The van der Waals surface area contributed by atoms with E-state index in [2.05, 4.69) is 45.1 Å². The van der Waals surface area contributed by atoms with Crippen molar-refractivity contribution < 1.29 is 4.39 Å². The van der Waals surface area contributed by atoms with E-state index in [4.69, 9.17) is 0 Å². The zero-order chi connectivity index (χ0) is 14.7. The monoisotopic (exact) mass is 271 g/mol. The van der Waals surface area contributed by atoms with Crippen molar-refractivity contribution in [2.24, 2.45) is 0 Å². The molecular weight excluding hydrogens is 249 g/mol. The zero-order valence-corrected chi connectivity index (χ0v) is 12.6. The second-order valence-electron chi connectivity index (χ2n) is 5.26. The summed E-state index contributed by atoms with van der Waals surface area (Å²) in [6.45, 7) is 9.27. The summed E-state index contributed by atoms with van der Waals surface area (Å²) < 4.78 is 13.7. The Hall–Kier alpha value is -1.67. The molecule has 2 rings (SSSR count). The van der Waals surface area contributed by atoms with Gasteiger partial charge < -0.3 is 5.32 Å². The minimum absolute atomic E-state index is 0.187. The standard InChI is InChI=1S/C18H22FN/c1-5-20-14(4)17-10-9-15(19)11-18(17)16-8-6-7-12(2)13(16)3/h6-11,14,20H,5H2,1-4H3. The maximum atomic E-state index is 13.7. The quantitative estimate of drug-likeness (QED) is 0.843. The highest BCUT2D eigenvalue weighted by Crippen LogP contribution is 2.32. The van der Waals surface area contributed by atoms with E-state index >= 15 is 0 Å². The van der Waals surface area contributed by atoms with Gasteiger partial charge in [-0.1, -0.05) is 31.2 Å². The van der Waals surface area contributed by atoms with Gasteiger partial charge in [-0.2, -0.15) is 0 Å². The van der Waals surface area contributed by atoms with Crippen LogP contribution in [-0.2, 0) is 0 Å². The van der Waals surface area contributed by atoms with Crippen LogP contribution >= 0.6 is 0 Å². The molecule has 0 bridgehead atoms. The van der Waals surface area contributed by atoms with Crippen LogP contribution in [0.2, 0.25) is 0 Å². The lowest BCUT2D eigenvalue weighted by atomic mass is 9.91. The number of benzene rings is 2. The molecule has 0 radical (unpaired) electrons. The smallest absolute Gasteiger partial charge is 0.123 e. The van der Waals surface area contributed by atoms with Gasteiger partial charge in [0.15, 0.2) is 0 Å². The third-order valence-electron chi connectivity index (χ3n) is 3.89. The molecule has 0 aliphatic rings. The SMILES string of the molecule is CCNC(C)c1ccc(F)cc1-c1cccc(C)c1C. The summed E-state index contributed by atoms with van der Waals surface area (Å²) in [6.07, 6.45) is 0. The first kappa shape index (κ1) is 14.7. The maximum Gasteiger partial charge on any atom is 0.123 e. The van der Waals surface area contributed by atoms with Crippen molar-refractivity contribution >= 4 is 0 Å². The summed E-state index contributed by atoms with van der Waals surface area (Å²) in [5.74, 6) is -0.187. The van der Waals surface area contributed by atoms with Gasteiger partial charge in [-0.25, -0.2) is 4.39 Å². The predicted molar refractivity (Wildman–Crippen MR) is 83.4 cm³/mol. The summed E-state index contributed by atoms with van der Waals surface area (Å²) in [4.78, 5) is 0. The first-order valence-corrected chi connectivity index (χ1v) is 7.14. The molecule has 1 nitrogen and oxygen atoms in total. The van der Waals surface area contributed by atoms with Gasteiger partial charge >= 0.3 is 0 Å². The first-order valence-electron chi connectivity index (χ1n) is 7.14. The molecule has 0 amide bonds. The number of hydrogen-bond acceptors (Lipinski definition) is 1. The number of rotatable bonds is 4. The topological polar surface area (TPSA) is 12.0 Å². The highest BCUT2D eigenvalue weighted by atomic mass is 19.1. The molecule has 1 atom stereocenters. The van der Waals surface area contributed by atoms with Crippen LogP contribution in [0.25, 0.3) is 11.1 Å². The molecule has 1 N–H and O–H groups in total. The van der Waals surface area contributed by atoms with Crippen LogP contribution < -0.4 is 5.32 Å². The van der Waals surface area contributed by atoms with Crippen molar-refractivity contribution in [2.75, 3.05) is 6.54 Å². The van der Waals surface area contributed by atoms with Gasteiger partial charge in [-0.15, -0.1) is 0 Å². The Bertz CT molecular complexity index is 604.